The molecule has 2 aromatic heterocycles. The first-order chi connectivity index (χ1) is 10.3. The molecule has 2 heterocycles. The van der Waals surface area contributed by atoms with Gasteiger partial charge in [0.2, 0.25) is 0 Å². The van der Waals surface area contributed by atoms with E-state index in [4.69, 9.17) is 10.5 Å². The van der Waals surface area contributed by atoms with Gasteiger partial charge in [-0.3, -0.25) is 0 Å². The molecule has 108 valence electrons. The molecule has 5 heteroatoms. The standard InChI is InChI=1S/C16H17N3OS/c1-20-14-5-2-4-13(11-14)19-15(16-6-3-9-21-16)10-12(18-19)7-8-17/h2-6,9-11H,7-8,17H2,1H3. The van der Waals surface area contributed by atoms with E-state index >= 15 is 0 Å². The van der Waals surface area contributed by atoms with Crippen molar-refractivity contribution in [2.45, 2.75) is 6.42 Å². The molecule has 2 N–H and O–H groups in total. The van der Waals surface area contributed by atoms with Gasteiger partial charge in [-0.1, -0.05) is 12.1 Å². The molecule has 0 saturated heterocycles. The molecule has 0 saturated carbocycles. The van der Waals surface area contributed by atoms with Crippen LogP contribution in [0.25, 0.3) is 16.3 Å². The van der Waals surface area contributed by atoms with Gasteiger partial charge in [0.1, 0.15) is 5.75 Å². The summed E-state index contributed by atoms with van der Waals surface area (Å²) < 4.78 is 7.26. The first kappa shape index (κ1) is 13.9. The first-order valence-electron chi connectivity index (χ1n) is 6.79. The molecule has 1 aromatic carbocycles. The van der Waals surface area contributed by atoms with Crippen molar-refractivity contribution < 1.29 is 4.74 Å². The van der Waals surface area contributed by atoms with Crippen LogP contribution in [0.2, 0.25) is 0 Å². The van der Waals surface area contributed by atoms with E-state index in [0.717, 1.165) is 29.2 Å². The van der Waals surface area contributed by atoms with Gasteiger partial charge in [-0.15, -0.1) is 11.3 Å². The zero-order chi connectivity index (χ0) is 14.7. The van der Waals surface area contributed by atoms with E-state index in [9.17, 15) is 0 Å². The van der Waals surface area contributed by atoms with Crippen molar-refractivity contribution in [1.29, 1.82) is 0 Å². The number of benzene rings is 1. The van der Waals surface area contributed by atoms with Crippen LogP contribution in [0.4, 0.5) is 0 Å². The molecule has 3 rings (SSSR count). The Labute approximate surface area is 127 Å². The van der Waals surface area contributed by atoms with Gasteiger partial charge in [-0.2, -0.15) is 5.10 Å². The minimum Gasteiger partial charge on any atom is -0.497 e. The second-order valence-corrected chi connectivity index (χ2v) is 5.60. The molecule has 0 unspecified atom stereocenters. The summed E-state index contributed by atoms with van der Waals surface area (Å²) >= 11 is 1.70. The molecule has 21 heavy (non-hydrogen) atoms. The van der Waals surface area contributed by atoms with Crippen LogP contribution >= 0.6 is 11.3 Å². The van der Waals surface area contributed by atoms with Crippen molar-refractivity contribution in [2.75, 3.05) is 13.7 Å². The topological polar surface area (TPSA) is 53.1 Å². The lowest BCUT2D eigenvalue weighted by atomic mass is 10.2. The highest BCUT2D eigenvalue weighted by Gasteiger charge is 2.12. The van der Waals surface area contributed by atoms with Crippen molar-refractivity contribution in [3.05, 3.63) is 53.5 Å². The van der Waals surface area contributed by atoms with Crippen LogP contribution in [0.5, 0.6) is 5.75 Å². The zero-order valence-electron chi connectivity index (χ0n) is 11.8. The molecular weight excluding hydrogens is 282 g/mol. The van der Waals surface area contributed by atoms with Crippen LogP contribution in [-0.4, -0.2) is 23.4 Å². The predicted octanol–water partition coefficient (Wildman–Crippen LogP) is 3.11. The first-order valence-corrected chi connectivity index (χ1v) is 7.67. The molecule has 0 aliphatic carbocycles. The van der Waals surface area contributed by atoms with E-state index < -0.39 is 0 Å². The number of rotatable bonds is 5. The fourth-order valence-corrected chi connectivity index (χ4v) is 2.97. The second kappa shape index (κ2) is 6.11. The maximum Gasteiger partial charge on any atom is 0.121 e. The summed E-state index contributed by atoms with van der Waals surface area (Å²) in [4.78, 5) is 1.19. The van der Waals surface area contributed by atoms with E-state index in [0.29, 0.717) is 6.54 Å². The number of thiophene rings is 1. The van der Waals surface area contributed by atoms with Crippen LogP contribution in [0.3, 0.4) is 0 Å². The minimum absolute atomic E-state index is 0.596. The summed E-state index contributed by atoms with van der Waals surface area (Å²) in [5.41, 5.74) is 8.73. The van der Waals surface area contributed by atoms with Crippen molar-refractivity contribution in [3.63, 3.8) is 0 Å². The van der Waals surface area contributed by atoms with Crippen LogP contribution in [-0.2, 0) is 6.42 Å². The Morgan fingerprint density at radius 1 is 1.24 bits per heavy atom. The van der Waals surface area contributed by atoms with Crippen molar-refractivity contribution in [2.24, 2.45) is 5.73 Å². The number of nitrogens with two attached hydrogens (primary N) is 1. The maximum atomic E-state index is 5.66. The molecule has 0 aliphatic heterocycles. The quantitative estimate of drug-likeness (QED) is 0.787. The minimum atomic E-state index is 0.596. The Hall–Kier alpha value is -2.11. The molecule has 0 fully saturated rings. The normalized spacial score (nSPS) is 10.8. The average Bonchev–Trinajstić information content (AvgIpc) is 3.16. The van der Waals surface area contributed by atoms with Gasteiger partial charge in [0.25, 0.3) is 0 Å². The maximum absolute atomic E-state index is 5.66. The fourth-order valence-electron chi connectivity index (χ4n) is 2.24. The molecule has 0 radical (unpaired) electrons. The molecular formula is C16H17N3OS. The average molecular weight is 299 g/mol. The number of hydrogen-bond donors (Lipinski definition) is 1. The van der Waals surface area contributed by atoms with Crippen LogP contribution in [0.1, 0.15) is 5.69 Å². The Morgan fingerprint density at radius 2 is 2.14 bits per heavy atom. The lowest BCUT2D eigenvalue weighted by Gasteiger charge is -2.07. The van der Waals surface area contributed by atoms with Gasteiger partial charge < -0.3 is 10.5 Å². The highest BCUT2D eigenvalue weighted by Crippen LogP contribution is 2.29. The summed E-state index contributed by atoms with van der Waals surface area (Å²) in [7, 11) is 1.67. The van der Waals surface area contributed by atoms with E-state index in [1.165, 1.54) is 4.88 Å². The number of hydrogen-bond acceptors (Lipinski definition) is 4. The largest absolute Gasteiger partial charge is 0.497 e. The second-order valence-electron chi connectivity index (χ2n) is 4.65. The third kappa shape index (κ3) is 2.84. The monoisotopic (exact) mass is 299 g/mol. The summed E-state index contributed by atoms with van der Waals surface area (Å²) in [5.74, 6) is 0.820. The molecule has 0 aliphatic rings. The summed E-state index contributed by atoms with van der Waals surface area (Å²) in [6, 6.07) is 14.2. The lowest BCUT2D eigenvalue weighted by molar-refractivity contribution is 0.414. The summed E-state index contributed by atoms with van der Waals surface area (Å²) in [6.45, 7) is 0.596. The molecule has 0 atom stereocenters. The molecule has 0 amide bonds. The smallest absolute Gasteiger partial charge is 0.121 e. The lowest BCUT2D eigenvalue weighted by Crippen LogP contribution is -2.04. The van der Waals surface area contributed by atoms with Gasteiger partial charge in [0.15, 0.2) is 0 Å². The highest BCUT2D eigenvalue weighted by molar-refractivity contribution is 7.13. The fraction of sp³-hybridized carbons (Fsp3) is 0.188. The van der Waals surface area contributed by atoms with Crippen molar-refractivity contribution >= 4 is 11.3 Å². The van der Waals surface area contributed by atoms with E-state index in [2.05, 4.69) is 22.6 Å². The third-order valence-electron chi connectivity index (χ3n) is 3.23. The Kier molecular flexibility index (Phi) is 4.03. The van der Waals surface area contributed by atoms with E-state index in [-0.39, 0.29) is 0 Å². The van der Waals surface area contributed by atoms with Crippen LogP contribution in [0.15, 0.2) is 47.8 Å². The SMILES string of the molecule is COc1cccc(-n2nc(CCN)cc2-c2cccs2)c1. The summed E-state index contributed by atoms with van der Waals surface area (Å²) in [5, 5.41) is 6.76. The highest BCUT2D eigenvalue weighted by atomic mass is 32.1. The Balaban J connectivity index is 2.11. The molecule has 4 nitrogen and oxygen atoms in total. The Bertz CT molecular complexity index is 719. The number of ether oxygens (including phenoxy) is 1. The summed E-state index contributed by atoms with van der Waals surface area (Å²) in [6.07, 6.45) is 0.773. The van der Waals surface area contributed by atoms with Gasteiger partial charge in [-0.25, -0.2) is 4.68 Å². The van der Waals surface area contributed by atoms with E-state index in [1.807, 2.05) is 35.0 Å². The Morgan fingerprint density at radius 3 is 2.86 bits per heavy atom. The number of aromatic nitrogens is 2. The third-order valence-corrected chi connectivity index (χ3v) is 4.12. The van der Waals surface area contributed by atoms with Crippen molar-refractivity contribution in [1.82, 2.24) is 9.78 Å². The zero-order valence-corrected chi connectivity index (χ0v) is 12.6. The number of nitrogens with zero attached hydrogens (tertiary/aromatic N) is 2. The number of methoxy groups -OCH3 is 1. The van der Waals surface area contributed by atoms with Gasteiger partial charge in [0.05, 0.1) is 29.1 Å². The van der Waals surface area contributed by atoms with Gasteiger partial charge in [0, 0.05) is 12.5 Å². The molecule has 0 bridgehead atoms. The van der Waals surface area contributed by atoms with Crippen LogP contribution in [0, 0.1) is 0 Å². The molecule has 0 spiro atoms. The molecule has 3 aromatic rings. The van der Waals surface area contributed by atoms with E-state index in [1.54, 1.807) is 18.4 Å². The van der Waals surface area contributed by atoms with Crippen LogP contribution < -0.4 is 10.5 Å². The predicted molar refractivity (Wildman–Crippen MR) is 86.2 cm³/mol. The van der Waals surface area contributed by atoms with Gasteiger partial charge >= 0.3 is 0 Å². The van der Waals surface area contributed by atoms with Crippen molar-refractivity contribution in [3.8, 4) is 22.0 Å². The van der Waals surface area contributed by atoms with Gasteiger partial charge in [-0.05, 0) is 36.2 Å².